The Morgan fingerprint density at radius 1 is 1.43 bits per heavy atom. The van der Waals surface area contributed by atoms with Crippen LogP contribution >= 0.6 is 0 Å². The number of aliphatic hydroxyl groups excluding tert-OH is 2. The van der Waals surface area contributed by atoms with Gasteiger partial charge >= 0.3 is 0 Å². The van der Waals surface area contributed by atoms with E-state index in [0.717, 1.165) is 5.56 Å². The summed E-state index contributed by atoms with van der Waals surface area (Å²) in [6.07, 6.45) is 4.07. The fourth-order valence-corrected chi connectivity index (χ4v) is 1.18. The van der Waals surface area contributed by atoms with Gasteiger partial charge in [-0.15, -0.1) is 0 Å². The highest BCUT2D eigenvalue weighted by Crippen LogP contribution is 1.97. The molecule has 1 aromatic rings. The number of rotatable bonds is 6. The molecule has 0 saturated heterocycles. The maximum Gasteiger partial charge on any atom is 0.0585 e. The van der Waals surface area contributed by atoms with Crippen molar-refractivity contribution in [2.45, 2.75) is 19.0 Å². The molecule has 0 fully saturated rings. The lowest BCUT2D eigenvalue weighted by Crippen LogP contribution is -2.32. The number of aliphatic hydroxyl groups is 2. The maximum atomic E-state index is 8.95. The normalized spacial score (nSPS) is 12.7. The van der Waals surface area contributed by atoms with Crippen LogP contribution in [0.15, 0.2) is 24.5 Å². The Morgan fingerprint density at radius 2 is 2.29 bits per heavy atom. The summed E-state index contributed by atoms with van der Waals surface area (Å²) in [5.74, 6) is 0. The van der Waals surface area contributed by atoms with Crippen LogP contribution in [0.3, 0.4) is 0 Å². The summed E-state index contributed by atoms with van der Waals surface area (Å²) >= 11 is 0. The third-order valence-corrected chi connectivity index (χ3v) is 2.02. The van der Waals surface area contributed by atoms with Crippen molar-refractivity contribution in [1.29, 1.82) is 0 Å². The Labute approximate surface area is 83.6 Å². The van der Waals surface area contributed by atoms with Gasteiger partial charge in [0.2, 0.25) is 0 Å². The number of aromatic nitrogens is 1. The molecular formula is C10H16N2O2. The standard InChI is InChI=1S/C10H16N2O2/c13-5-3-10(8-14)12-7-9-2-1-4-11-6-9/h1-2,4,6,10,12-14H,3,5,7-8H2. The molecule has 4 heteroatoms. The summed E-state index contributed by atoms with van der Waals surface area (Å²) in [6, 6.07) is 3.80. The van der Waals surface area contributed by atoms with Gasteiger partial charge in [0.15, 0.2) is 0 Å². The molecule has 0 aromatic carbocycles. The lowest BCUT2D eigenvalue weighted by atomic mass is 10.2. The van der Waals surface area contributed by atoms with E-state index in [2.05, 4.69) is 10.3 Å². The third-order valence-electron chi connectivity index (χ3n) is 2.02. The Kier molecular flexibility index (Phi) is 5.14. The second-order valence-electron chi connectivity index (χ2n) is 3.13. The van der Waals surface area contributed by atoms with Crippen molar-refractivity contribution in [1.82, 2.24) is 10.3 Å². The molecule has 1 rings (SSSR count). The van der Waals surface area contributed by atoms with Crippen LogP contribution in [0, 0.1) is 0 Å². The summed E-state index contributed by atoms with van der Waals surface area (Å²) in [7, 11) is 0. The molecular weight excluding hydrogens is 180 g/mol. The molecule has 0 saturated carbocycles. The van der Waals surface area contributed by atoms with Crippen LogP contribution in [0.2, 0.25) is 0 Å². The Hall–Kier alpha value is -0.970. The van der Waals surface area contributed by atoms with E-state index < -0.39 is 0 Å². The van der Waals surface area contributed by atoms with Gasteiger partial charge in [-0.05, 0) is 18.1 Å². The summed E-state index contributed by atoms with van der Waals surface area (Å²) in [4.78, 5) is 3.98. The second kappa shape index (κ2) is 6.48. The summed E-state index contributed by atoms with van der Waals surface area (Å²) in [6.45, 7) is 0.797. The Bertz CT molecular complexity index is 241. The van der Waals surface area contributed by atoms with Crippen LogP contribution in [0.25, 0.3) is 0 Å². The smallest absolute Gasteiger partial charge is 0.0585 e. The van der Waals surface area contributed by atoms with Gasteiger partial charge in [0.05, 0.1) is 6.61 Å². The first-order valence-electron chi connectivity index (χ1n) is 4.71. The first-order chi connectivity index (χ1) is 6.86. The molecule has 0 spiro atoms. The minimum Gasteiger partial charge on any atom is -0.396 e. The monoisotopic (exact) mass is 196 g/mol. The molecule has 0 aliphatic carbocycles. The third kappa shape index (κ3) is 3.83. The highest BCUT2D eigenvalue weighted by molar-refractivity contribution is 5.07. The zero-order chi connectivity index (χ0) is 10.2. The van der Waals surface area contributed by atoms with E-state index in [4.69, 9.17) is 10.2 Å². The van der Waals surface area contributed by atoms with E-state index in [9.17, 15) is 0 Å². The lowest BCUT2D eigenvalue weighted by Gasteiger charge is -2.14. The highest BCUT2D eigenvalue weighted by atomic mass is 16.3. The van der Waals surface area contributed by atoms with Crippen LogP contribution in [0.5, 0.6) is 0 Å². The average Bonchev–Trinajstić information content (AvgIpc) is 2.25. The van der Waals surface area contributed by atoms with Gasteiger partial charge in [-0.25, -0.2) is 0 Å². The van der Waals surface area contributed by atoms with Crippen molar-refractivity contribution in [2.75, 3.05) is 13.2 Å². The van der Waals surface area contributed by atoms with Crippen molar-refractivity contribution < 1.29 is 10.2 Å². The molecule has 4 nitrogen and oxygen atoms in total. The van der Waals surface area contributed by atoms with Crippen LogP contribution in [0.4, 0.5) is 0 Å². The van der Waals surface area contributed by atoms with E-state index in [0.29, 0.717) is 13.0 Å². The molecule has 1 atom stereocenters. The molecule has 0 radical (unpaired) electrons. The van der Waals surface area contributed by atoms with Crippen LogP contribution in [-0.2, 0) is 6.54 Å². The number of hydrogen-bond acceptors (Lipinski definition) is 4. The molecule has 0 bridgehead atoms. The first kappa shape index (κ1) is 11.1. The number of nitrogens with one attached hydrogen (secondary N) is 1. The zero-order valence-corrected chi connectivity index (χ0v) is 8.06. The zero-order valence-electron chi connectivity index (χ0n) is 8.06. The van der Waals surface area contributed by atoms with E-state index in [1.54, 1.807) is 12.4 Å². The topological polar surface area (TPSA) is 65.4 Å². The molecule has 0 aliphatic heterocycles. The Balaban J connectivity index is 2.32. The van der Waals surface area contributed by atoms with Crippen LogP contribution < -0.4 is 5.32 Å². The van der Waals surface area contributed by atoms with Crippen LogP contribution in [-0.4, -0.2) is 34.5 Å². The predicted molar refractivity (Wildman–Crippen MR) is 53.7 cm³/mol. The van der Waals surface area contributed by atoms with Crippen molar-refractivity contribution >= 4 is 0 Å². The summed E-state index contributed by atoms with van der Waals surface area (Å²) in [5.41, 5.74) is 1.07. The van der Waals surface area contributed by atoms with E-state index in [-0.39, 0.29) is 19.3 Å². The summed E-state index contributed by atoms with van der Waals surface area (Å²) < 4.78 is 0. The van der Waals surface area contributed by atoms with Gasteiger partial charge < -0.3 is 15.5 Å². The van der Waals surface area contributed by atoms with Crippen molar-refractivity contribution in [2.24, 2.45) is 0 Å². The molecule has 0 amide bonds. The molecule has 1 unspecified atom stereocenters. The van der Waals surface area contributed by atoms with Gasteiger partial charge in [0.25, 0.3) is 0 Å². The molecule has 14 heavy (non-hydrogen) atoms. The maximum absolute atomic E-state index is 8.95. The molecule has 1 heterocycles. The van der Waals surface area contributed by atoms with E-state index in [1.165, 1.54) is 0 Å². The van der Waals surface area contributed by atoms with Gasteiger partial charge in [0.1, 0.15) is 0 Å². The molecule has 3 N–H and O–H groups in total. The lowest BCUT2D eigenvalue weighted by molar-refractivity contribution is 0.200. The molecule has 78 valence electrons. The number of nitrogens with zero attached hydrogens (tertiary/aromatic N) is 1. The number of pyridine rings is 1. The van der Waals surface area contributed by atoms with Crippen molar-refractivity contribution in [3.05, 3.63) is 30.1 Å². The minimum absolute atomic E-state index is 0.0415. The van der Waals surface area contributed by atoms with E-state index >= 15 is 0 Å². The fraction of sp³-hybridized carbons (Fsp3) is 0.500. The fourth-order valence-electron chi connectivity index (χ4n) is 1.18. The van der Waals surface area contributed by atoms with E-state index in [1.807, 2.05) is 12.1 Å². The van der Waals surface area contributed by atoms with Gasteiger partial charge in [-0.2, -0.15) is 0 Å². The SMILES string of the molecule is OCCC(CO)NCc1cccnc1. The quantitative estimate of drug-likeness (QED) is 0.595. The van der Waals surface area contributed by atoms with Gasteiger partial charge in [-0.3, -0.25) is 4.98 Å². The molecule has 0 aliphatic rings. The Morgan fingerprint density at radius 3 is 2.86 bits per heavy atom. The number of hydrogen-bond donors (Lipinski definition) is 3. The minimum atomic E-state index is -0.0415. The molecule has 1 aromatic heterocycles. The van der Waals surface area contributed by atoms with Crippen molar-refractivity contribution in [3.63, 3.8) is 0 Å². The first-order valence-corrected chi connectivity index (χ1v) is 4.71. The highest BCUT2D eigenvalue weighted by Gasteiger charge is 2.04. The second-order valence-corrected chi connectivity index (χ2v) is 3.13. The van der Waals surface area contributed by atoms with Crippen LogP contribution in [0.1, 0.15) is 12.0 Å². The predicted octanol–water partition coefficient (Wildman–Crippen LogP) is -0.0855. The van der Waals surface area contributed by atoms with Gasteiger partial charge in [0, 0.05) is 31.6 Å². The average molecular weight is 196 g/mol. The largest absolute Gasteiger partial charge is 0.396 e. The summed E-state index contributed by atoms with van der Waals surface area (Å²) in [5, 5.41) is 20.8. The van der Waals surface area contributed by atoms with Gasteiger partial charge in [-0.1, -0.05) is 6.07 Å². The van der Waals surface area contributed by atoms with Crippen molar-refractivity contribution in [3.8, 4) is 0 Å².